The minimum atomic E-state index is -3.15. The van der Waals surface area contributed by atoms with Crippen LogP contribution in [0, 0.1) is 24.1 Å². The number of aryl methyl sites for hydroxylation is 1. The Kier molecular flexibility index (Phi) is 7.96. The van der Waals surface area contributed by atoms with Gasteiger partial charge in [-0.05, 0) is 49.2 Å². The van der Waals surface area contributed by atoms with Crippen molar-refractivity contribution in [3.05, 3.63) is 82.4 Å². The lowest BCUT2D eigenvalue weighted by atomic mass is 10.1. The Bertz CT molecular complexity index is 1900. The quantitative estimate of drug-likeness (QED) is 0.296. The van der Waals surface area contributed by atoms with Crippen LogP contribution in [0.15, 0.2) is 48.5 Å². The first-order valence-electron chi connectivity index (χ1n) is 14.3. The fraction of sp³-hybridized carbons (Fsp3) is 0.355. The Morgan fingerprint density at radius 3 is 2.59 bits per heavy atom. The van der Waals surface area contributed by atoms with Crippen LogP contribution in [0.5, 0.6) is 5.88 Å². The van der Waals surface area contributed by atoms with Crippen molar-refractivity contribution < 1.29 is 27.4 Å². The van der Waals surface area contributed by atoms with E-state index in [1.165, 1.54) is 12.1 Å². The number of aromatic nitrogens is 3. The number of piperazine rings is 1. The summed E-state index contributed by atoms with van der Waals surface area (Å²) in [5, 5.41) is 18.1. The molecule has 228 valence electrons. The number of sulfone groups is 1. The smallest absolute Gasteiger partial charge is 0.335 e. The summed E-state index contributed by atoms with van der Waals surface area (Å²) in [7, 11) is -3.15. The highest BCUT2D eigenvalue weighted by molar-refractivity contribution is 7.93. The number of carbonyl (C=O) groups is 1. The molecule has 1 atom stereocenters. The van der Waals surface area contributed by atoms with Crippen LogP contribution in [0.2, 0.25) is 0 Å². The largest absolute Gasteiger partial charge is 0.478 e. The third-order valence-corrected chi connectivity index (χ3v) is 10.5. The maximum atomic E-state index is 14.3. The standard InChI is InChI=1S/C31H31FN6O5S/c1-20-13-23(31(39)40)15-26-30(20)35-28(38(26)17-24-7-12-44(24,41)42)18-36-8-10-37(11-9-36)27-3-2-4-29(34-27)43-19-22-6-5-21(16-33)14-25(22)32/h2-6,13-15,24H,7-12,17-19H2,1H3,(H,39,40). The Balaban J connectivity index is 1.14. The summed E-state index contributed by atoms with van der Waals surface area (Å²) in [6.45, 7) is 5.31. The van der Waals surface area contributed by atoms with Gasteiger partial charge in [0.1, 0.15) is 24.1 Å². The average molecular weight is 619 g/mol. The highest BCUT2D eigenvalue weighted by Gasteiger charge is 2.37. The number of carboxylic acids is 1. The number of fused-ring (bicyclic) bond motifs is 1. The Hall–Kier alpha value is -4.54. The van der Waals surface area contributed by atoms with Gasteiger partial charge in [-0.15, -0.1) is 0 Å². The highest BCUT2D eigenvalue weighted by atomic mass is 32.2. The molecule has 0 bridgehead atoms. The number of hydrogen-bond acceptors (Lipinski definition) is 9. The van der Waals surface area contributed by atoms with Gasteiger partial charge in [-0.1, -0.05) is 12.1 Å². The first-order valence-corrected chi connectivity index (χ1v) is 16.0. The summed E-state index contributed by atoms with van der Waals surface area (Å²) < 4.78 is 46.7. The first kappa shape index (κ1) is 29.5. The van der Waals surface area contributed by atoms with Crippen molar-refractivity contribution in [2.45, 2.75) is 38.3 Å². The van der Waals surface area contributed by atoms with Gasteiger partial charge in [-0.2, -0.15) is 10.2 Å². The molecule has 0 aliphatic carbocycles. The van der Waals surface area contributed by atoms with Gasteiger partial charge in [-0.25, -0.2) is 22.6 Å². The van der Waals surface area contributed by atoms with Crippen molar-refractivity contribution in [3.63, 3.8) is 0 Å². The zero-order valence-corrected chi connectivity index (χ0v) is 24.9. The average Bonchev–Trinajstić information content (AvgIpc) is 3.36. The number of imidazole rings is 1. The molecule has 1 unspecified atom stereocenters. The minimum absolute atomic E-state index is 0.0155. The normalized spacial score (nSPS) is 18.1. The molecule has 4 aromatic rings. The van der Waals surface area contributed by atoms with Gasteiger partial charge < -0.3 is 19.3 Å². The second-order valence-corrected chi connectivity index (χ2v) is 13.6. The van der Waals surface area contributed by atoms with Crippen LogP contribution < -0.4 is 9.64 Å². The summed E-state index contributed by atoms with van der Waals surface area (Å²) >= 11 is 0. The molecule has 2 fully saturated rings. The molecule has 0 spiro atoms. The Morgan fingerprint density at radius 2 is 1.93 bits per heavy atom. The summed E-state index contributed by atoms with van der Waals surface area (Å²) in [5.74, 6) is 0.446. The van der Waals surface area contributed by atoms with Crippen LogP contribution >= 0.6 is 0 Å². The van der Waals surface area contributed by atoms with E-state index in [-0.39, 0.29) is 30.0 Å². The lowest BCUT2D eigenvalue weighted by Gasteiger charge is -2.35. The molecule has 4 heterocycles. The van der Waals surface area contributed by atoms with Crippen molar-refractivity contribution in [1.82, 2.24) is 19.4 Å². The molecule has 0 saturated carbocycles. The number of hydrogen-bond donors (Lipinski definition) is 1. The number of rotatable bonds is 9. The second-order valence-electron chi connectivity index (χ2n) is 11.2. The maximum absolute atomic E-state index is 14.3. The number of benzene rings is 2. The second kappa shape index (κ2) is 11.9. The number of carboxylic acid groups (broad SMARTS) is 1. The summed E-state index contributed by atoms with van der Waals surface area (Å²) in [6, 6.07) is 14.8. The lowest BCUT2D eigenvalue weighted by molar-refractivity contribution is 0.0697. The van der Waals surface area contributed by atoms with Crippen LogP contribution in [0.1, 0.15) is 39.3 Å². The first-order chi connectivity index (χ1) is 21.1. The van der Waals surface area contributed by atoms with Gasteiger partial charge in [0.25, 0.3) is 0 Å². The van der Waals surface area contributed by atoms with Gasteiger partial charge in [0.15, 0.2) is 9.84 Å². The van der Waals surface area contributed by atoms with Crippen molar-refractivity contribution in [2.24, 2.45) is 0 Å². The number of nitrogens with zero attached hydrogens (tertiary/aromatic N) is 6. The molecule has 44 heavy (non-hydrogen) atoms. The van der Waals surface area contributed by atoms with Crippen LogP contribution in [0.25, 0.3) is 11.0 Å². The molecule has 1 N–H and O–H groups in total. The van der Waals surface area contributed by atoms with Gasteiger partial charge in [0.05, 0.1) is 45.8 Å². The maximum Gasteiger partial charge on any atom is 0.335 e. The minimum Gasteiger partial charge on any atom is -0.478 e. The fourth-order valence-electron chi connectivity index (χ4n) is 5.66. The zero-order chi connectivity index (χ0) is 31.0. The molecule has 0 amide bonds. The van der Waals surface area contributed by atoms with Crippen molar-refractivity contribution >= 4 is 32.7 Å². The van der Waals surface area contributed by atoms with E-state index in [1.54, 1.807) is 24.3 Å². The molecular formula is C31H31FN6O5S. The molecule has 2 aliphatic rings. The predicted octanol–water partition coefficient (Wildman–Crippen LogP) is 3.54. The molecule has 2 aromatic carbocycles. The molecule has 2 aromatic heterocycles. The van der Waals surface area contributed by atoms with Gasteiger partial charge in [0, 0.05) is 44.4 Å². The van der Waals surface area contributed by atoms with Crippen LogP contribution in [-0.2, 0) is 29.5 Å². The van der Waals surface area contributed by atoms with E-state index in [0.717, 1.165) is 11.4 Å². The zero-order valence-electron chi connectivity index (χ0n) is 24.1. The van der Waals surface area contributed by atoms with E-state index in [4.69, 9.17) is 15.0 Å². The van der Waals surface area contributed by atoms with Crippen molar-refractivity contribution in [2.75, 3.05) is 36.8 Å². The number of nitriles is 1. The van der Waals surface area contributed by atoms with Gasteiger partial charge >= 0.3 is 5.97 Å². The molecule has 11 nitrogen and oxygen atoms in total. The Labute approximate surface area is 254 Å². The topological polar surface area (TPSA) is 142 Å². The number of anilines is 1. The predicted molar refractivity (Wildman–Crippen MR) is 161 cm³/mol. The summed E-state index contributed by atoms with van der Waals surface area (Å²) in [6.07, 6.45) is 0.579. The molecular weight excluding hydrogens is 587 g/mol. The molecule has 0 radical (unpaired) electrons. The van der Waals surface area contributed by atoms with E-state index < -0.39 is 26.9 Å². The molecule has 6 rings (SSSR count). The SMILES string of the molecule is Cc1cc(C(=O)O)cc2c1nc(CN1CCN(c3cccc(OCc4ccc(C#N)cc4F)n3)CC1)n2CC1CCS1(=O)=O. The van der Waals surface area contributed by atoms with Crippen LogP contribution in [-0.4, -0.2) is 76.1 Å². The van der Waals surface area contributed by atoms with E-state index >= 15 is 0 Å². The fourth-order valence-corrected chi connectivity index (χ4v) is 6.99. The third-order valence-electron chi connectivity index (χ3n) is 8.32. The summed E-state index contributed by atoms with van der Waals surface area (Å²) in [5.41, 5.74) is 2.78. The van der Waals surface area contributed by atoms with Gasteiger partial charge in [0.2, 0.25) is 5.88 Å². The van der Waals surface area contributed by atoms with E-state index in [1.807, 2.05) is 29.7 Å². The van der Waals surface area contributed by atoms with Crippen LogP contribution in [0.3, 0.4) is 0 Å². The molecule has 13 heteroatoms. The van der Waals surface area contributed by atoms with E-state index in [2.05, 4.69) is 14.8 Å². The highest BCUT2D eigenvalue weighted by Crippen LogP contribution is 2.29. The number of pyridine rings is 1. The van der Waals surface area contributed by atoms with Crippen molar-refractivity contribution in [1.29, 1.82) is 5.26 Å². The Morgan fingerprint density at radius 1 is 1.14 bits per heavy atom. The van der Waals surface area contributed by atoms with Crippen LogP contribution in [0.4, 0.5) is 10.2 Å². The van der Waals surface area contributed by atoms with E-state index in [0.29, 0.717) is 67.4 Å². The number of ether oxygens (including phenoxy) is 1. The van der Waals surface area contributed by atoms with Gasteiger partial charge in [-0.3, -0.25) is 4.90 Å². The van der Waals surface area contributed by atoms with E-state index in [9.17, 15) is 22.7 Å². The lowest BCUT2D eigenvalue weighted by Crippen LogP contribution is -2.46. The number of halogens is 1. The summed E-state index contributed by atoms with van der Waals surface area (Å²) in [4.78, 5) is 25.6. The van der Waals surface area contributed by atoms with Crippen molar-refractivity contribution in [3.8, 4) is 11.9 Å². The molecule has 2 aliphatic heterocycles. The molecule has 2 saturated heterocycles. The monoisotopic (exact) mass is 618 g/mol. The third kappa shape index (κ3) is 5.95. The number of aromatic carboxylic acids is 1.